The highest BCUT2D eigenvalue weighted by Gasteiger charge is 2.40. The normalized spacial score (nSPS) is 17.0. The van der Waals surface area contributed by atoms with Crippen molar-refractivity contribution in [3.05, 3.63) is 276 Å². The first-order valence-electron chi connectivity index (χ1n) is 36.7. The predicted molar refractivity (Wildman–Crippen MR) is 439 cm³/mol. The molecule has 8 aromatic rings. The van der Waals surface area contributed by atoms with Crippen molar-refractivity contribution in [2.75, 3.05) is 12.4 Å². The molecule has 8 nitrogen and oxygen atoms in total. The smallest absolute Gasteiger partial charge is 0.339 e. The van der Waals surface area contributed by atoms with E-state index in [0.29, 0.717) is 29.1 Å². The number of esters is 1. The zero-order chi connectivity index (χ0) is 75.7. The number of thioether (sulfide) groups is 1. The number of hydrogen-bond acceptors (Lipinski definition) is 9. The van der Waals surface area contributed by atoms with Gasteiger partial charge >= 0.3 is 5.97 Å². The summed E-state index contributed by atoms with van der Waals surface area (Å²) in [7, 11) is 0. The van der Waals surface area contributed by atoms with E-state index in [4.69, 9.17) is 4.74 Å². The van der Waals surface area contributed by atoms with E-state index in [2.05, 4.69) is 210 Å². The molecule has 4 aliphatic rings. The van der Waals surface area contributed by atoms with Gasteiger partial charge in [-0.25, -0.2) is 9.78 Å². The van der Waals surface area contributed by atoms with Crippen LogP contribution in [0.2, 0.25) is 0 Å². The lowest BCUT2D eigenvalue weighted by Crippen LogP contribution is -2.34. The number of nitrogens with zero attached hydrogens (tertiary/aromatic N) is 2. The van der Waals surface area contributed by atoms with Crippen molar-refractivity contribution in [2.45, 2.75) is 227 Å². The van der Waals surface area contributed by atoms with Gasteiger partial charge in [0, 0.05) is 50.0 Å². The van der Waals surface area contributed by atoms with Crippen molar-refractivity contribution in [1.82, 2.24) is 4.98 Å². The van der Waals surface area contributed by atoms with Crippen LogP contribution < -0.4 is 0 Å². The van der Waals surface area contributed by atoms with Crippen LogP contribution in [0, 0.1) is 23.7 Å². The number of allylic oxidation sites excluding steroid dienone is 2. The van der Waals surface area contributed by atoms with E-state index in [1.807, 2.05) is 90.6 Å². The maximum absolute atomic E-state index is 11.6. The molecule has 0 radical (unpaired) electrons. The van der Waals surface area contributed by atoms with Crippen LogP contribution in [0.25, 0.3) is 17.7 Å². The molecule has 1 aliphatic heterocycles. The summed E-state index contributed by atoms with van der Waals surface area (Å²) >= 11 is 1.92. The second-order valence-corrected chi connectivity index (χ2v) is 34.2. The third-order valence-electron chi connectivity index (χ3n) is 21.8. The van der Waals surface area contributed by atoms with Gasteiger partial charge < -0.3 is 9.94 Å². The maximum Gasteiger partial charge on any atom is 0.339 e. The summed E-state index contributed by atoms with van der Waals surface area (Å²) in [5, 5.41) is 13.1. The molecule has 1 aromatic heterocycles. The van der Waals surface area contributed by atoms with Crippen LogP contribution in [0.5, 0.6) is 0 Å². The van der Waals surface area contributed by atoms with Crippen LogP contribution in [0.3, 0.4) is 0 Å². The molecule has 1 N–H and O–H groups in total. The lowest BCUT2D eigenvalue weighted by molar-refractivity contribution is 0.0525. The minimum absolute atomic E-state index is 0. The van der Waals surface area contributed by atoms with Gasteiger partial charge in [-0.3, -0.25) is 14.4 Å². The van der Waals surface area contributed by atoms with Crippen molar-refractivity contribution in [3.8, 4) is 23.7 Å². The van der Waals surface area contributed by atoms with Crippen LogP contribution in [0.4, 0.5) is 0 Å². The summed E-state index contributed by atoms with van der Waals surface area (Å²) in [5.41, 5.74) is 23.5. The fourth-order valence-corrected chi connectivity index (χ4v) is 15.8. The van der Waals surface area contributed by atoms with Crippen LogP contribution in [-0.2, 0) is 42.6 Å². The van der Waals surface area contributed by atoms with Crippen molar-refractivity contribution >= 4 is 58.5 Å². The second-order valence-electron chi connectivity index (χ2n) is 33.1. The zero-order valence-electron chi connectivity index (χ0n) is 65.0. The van der Waals surface area contributed by atoms with Gasteiger partial charge in [0.05, 0.1) is 12.2 Å². The highest BCUT2D eigenvalue weighted by Crippen LogP contribution is 2.49. The Bertz CT molecular complexity index is 4760. The maximum atomic E-state index is 11.6. The molecule has 0 fully saturated rings. The summed E-state index contributed by atoms with van der Waals surface area (Å²) < 4.78 is 4.95. The molecular weight excluding hydrogens is 1310 g/mol. The highest BCUT2D eigenvalue weighted by atomic mass is 32.2. The number of Topliss-reactive ketones (excluding diaryl/α,β-unsaturated/α-hetero) is 3. The zero-order valence-corrected chi connectivity index (χ0v) is 65.8. The first-order chi connectivity index (χ1) is 48.9. The lowest BCUT2D eigenvalue weighted by atomic mass is 9.63. The van der Waals surface area contributed by atoms with E-state index in [-0.39, 0.29) is 68.7 Å². The molecular formula is C96H110N2O6S. The second kappa shape index (κ2) is 33.4. The van der Waals surface area contributed by atoms with E-state index in [9.17, 15) is 24.4 Å². The van der Waals surface area contributed by atoms with Crippen LogP contribution in [-0.4, -0.2) is 51.6 Å². The average molecular weight is 1420 g/mol. The summed E-state index contributed by atoms with van der Waals surface area (Å²) in [5.74, 6) is 13.8. The van der Waals surface area contributed by atoms with Gasteiger partial charge in [0.25, 0.3) is 0 Å². The summed E-state index contributed by atoms with van der Waals surface area (Å²) in [4.78, 5) is 51.6. The summed E-state index contributed by atoms with van der Waals surface area (Å²) in [6.07, 6.45) is 15.7. The number of hydrogen-bond donors (Lipinski definition) is 1. The van der Waals surface area contributed by atoms with Gasteiger partial charge in [-0.15, -0.1) is 11.8 Å². The van der Waals surface area contributed by atoms with Crippen LogP contribution in [0.1, 0.15) is 309 Å². The van der Waals surface area contributed by atoms with E-state index >= 15 is 0 Å². The number of ketones is 3. The van der Waals surface area contributed by atoms with Gasteiger partial charge in [-0.2, -0.15) is 0 Å². The molecule has 9 heteroatoms. The number of oxime groups is 1. The molecule has 0 atom stereocenters. The Labute approximate surface area is 632 Å². The molecule has 0 saturated carbocycles. The Hall–Kier alpha value is -9.41. The molecule has 0 unspecified atom stereocenters. The molecule has 105 heavy (non-hydrogen) atoms. The number of ether oxygens (including phenoxy) is 1. The van der Waals surface area contributed by atoms with Crippen LogP contribution >= 0.6 is 11.8 Å². The Balaban J connectivity index is 0.000000177. The van der Waals surface area contributed by atoms with E-state index < -0.39 is 0 Å². The Morgan fingerprint density at radius 2 is 0.876 bits per heavy atom. The lowest BCUT2D eigenvalue weighted by Gasteiger charge is -2.42. The minimum atomic E-state index is -0.357. The quantitative estimate of drug-likeness (QED) is 0.0273. The standard InChI is InChI=1S/C25H29NO2.C25H30O.C24H26O.C21H21NO2S.CH4/c1-17(27)19-8-6-7-18(15-19)9-12-23(26-28)20-10-11-21-22(16-20)25(4,5)14-13-24(21,2)3;1-17(15-19-7-9-20(10-8-19)18(2)26)21-11-12-22-23(16-21)25(5,6)14-13-24(22,3)4;1-17(25)20-11-8-18(9-12-20)6-7-19-10-13-21-22(16-19)24(4,5)15-14-23(21,2)3;1-4-24-20(23)16-7-9-17(22-14-16)8-5-15-6-10-19-18(13-15)21(2,3)11-12-25-19;/h6-12,15-16,28H,13-14H2,1-5H3;7-12,15-16H,13-14H2,1-6H3;8-13,16H,14-15H2,1-5H3;6-7,9-10,13-14H,4,11-12H2,1-3H3;1H4/b12-9+,26-23+;17-15+;;;. The van der Waals surface area contributed by atoms with E-state index in [0.717, 1.165) is 50.9 Å². The predicted octanol–water partition coefficient (Wildman–Crippen LogP) is 23.6. The van der Waals surface area contributed by atoms with E-state index in [1.165, 1.54) is 105 Å². The van der Waals surface area contributed by atoms with Gasteiger partial charge in [0.1, 0.15) is 11.4 Å². The fourth-order valence-electron chi connectivity index (χ4n) is 14.3. The van der Waals surface area contributed by atoms with Crippen molar-refractivity contribution < 1.29 is 29.1 Å². The average Bonchev–Trinajstić information content (AvgIpc) is 0.772. The van der Waals surface area contributed by atoms with Crippen molar-refractivity contribution in [2.24, 2.45) is 5.16 Å². The molecule has 7 aromatic carbocycles. The monoisotopic (exact) mass is 1420 g/mol. The van der Waals surface area contributed by atoms with Gasteiger partial charge in [-0.1, -0.05) is 230 Å². The first-order valence-corrected chi connectivity index (χ1v) is 37.7. The number of fused-ring (bicyclic) bond motifs is 4. The number of aromatic nitrogens is 1. The molecule has 0 spiro atoms. The number of benzene rings is 7. The minimum Gasteiger partial charge on any atom is -0.462 e. The number of rotatable bonds is 10. The van der Waals surface area contributed by atoms with Crippen molar-refractivity contribution in [1.29, 1.82) is 0 Å². The number of pyridine rings is 1. The van der Waals surface area contributed by atoms with E-state index in [1.54, 1.807) is 52.0 Å². The number of carbonyl (C=O) groups is 4. The molecule has 0 amide bonds. The van der Waals surface area contributed by atoms with Crippen LogP contribution in [0.15, 0.2) is 180 Å². The van der Waals surface area contributed by atoms with Gasteiger partial charge in [0.15, 0.2) is 17.3 Å². The Morgan fingerprint density at radius 1 is 0.448 bits per heavy atom. The Kier molecular flexibility index (Phi) is 25.8. The number of carbonyl (C=O) groups excluding carboxylic acids is 4. The summed E-state index contributed by atoms with van der Waals surface area (Å²) in [6, 6.07) is 52.7. The topological polar surface area (TPSA) is 123 Å². The highest BCUT2D eigenvalue weighted by molar-refractivity contribution is 7.99. The molecule has 0 saturated heterocycles. The SMILES string of the molecule is C.CC(=O)c1ccc(/C=C(\C)c2ccc3c(c2)C(C)(C)CCC3(C)C)cc1.CC(=O)c1ccc(C#Cc2ccc3c(c2)C(C)(C)CCC3(C)C)cc1.CC(=O)c1cccc(/C=C/C(=N\O)c2ccc3c(c2)C(C)(C)CCC3(C)C)c1.CCOC(=O)c1ccc(C#Cc2ccc3c(c2)C(C)(C)CCS3)nc1. The third kappa shape index (κ3) is 20.2. The molecule has 2 heterocycles. The molecule has 3 aliphatic carbocycles. The van der Waals surface area contributed by atoms with Gasteiger partial charge in [0.2, 0.25) is 0 Å². The molecule has 546 valence electrons. The first kappa shape index (κ1) is 81.3. The molecule has 12 rings (SSSR count). The Morgan fingerprint density at radius 3 is 1.39 bits per heavy atom. The fraction of sp³-hybridized carbons (Fsp3) is 0.375. The summed E-state index contributed by atoms with van der Waals surface area (Å²) in [6.45, 7) is 41.6. The molecule has 0 bridgehead atoms. The largest absolute Gasteiger partial charge is 0.462 e. The third-order valence-corrected chi connectivity index (χ3v) is 22.9. The van der Waals surface area contributed by atoms with Gasteiger partial charge in [-0.05, 0) is 263 Å². The van der Waals surface area contributed by atoms with Crippen molar-refractivity contribution in [3.63, 3.8) is 0 Å².